The number of carbonyl (C=O) groups excluding carboxylic acids is 1. The van der Waals surface area contributed by atoms with Crippen LogP contribution >= 0.6 is 23.2 Å². The standard InChI is InChI=1S/C18H31Cl2FN4O4S/c1-25-8-14(22-9-25)10-5-12(17(21)13(20)6-10)18(26)23-24-30(27,28)16-4-3-11(19)7-15(16)29-2/h10-17,22,24H,3-9H2,1-2H3,(H,23,26). The van der Waals surface area contributed by atoms with E-state index in [1.54, 1.807) is 0 Å². The Bertz CT molecular complexity index is 718. The molecule has 8 nitrogen and oxygen atoms in total. The fourth-order valence-electron chi connectivity index (χ4n) is 4.80. The second kappa shape index (κ2) is 10.1. The van der Waals surface area contributed by atoms with Gasteiger partial charge >= 0.3 is 0 Å². The quantitative estimate of drug-likeness (QED) is 0.380. The number of hydrogen-bond acceptors (Lipinski definition) is 6. The molecule has 2 aliphatic carbocycles. The van der Waals surface area contributed by atoms with E-state index < -0.39 is 44.8 Å². The summed E-state index contributed by atoms with van der Waals surface area (Å²) in [5.41, 5.74) is 2.22. The van der Waals surface area contributed by atoms with Gasteiger partial charge in [0.05, 0.1) is 17.4 Å². The van der Waals surface area contributed by atoms with Gasteiger partial charge in [-0.3, -0.25) is 20.4 Å². The number of rotatable bonds is 6. The number of nitrogens with one attached hydrogen (secondary N) is 3. The summed E-state index contributed by atoms with van der Waals surface area (Å²) < 4.78 is 45.5. The Hall–Kier alpha value is -0.230. The van der Waals surface area contributed by atoms with Gasteiger partial charge in [0.15, 0.2) is 0 Å². The predicted molar refractivity (Wildman–Crippen MR) is 113 cm³/mol. The summed E-state index contributed by atoms with van der Waals surface area (Å²) >= 11 is 12.3. The van der Waals surface area contributed by atoms with E-state index in [0.29, 0.717) is 32.1 Å². The molecule has 1 heterocycles. The topological polar surface area (TPSA) is 99.8 Å². The summed E-state index contributed by atoms with van der Waals surface area (Å²) in [4.78, 5) is 17.0. The number of alkyl halides is 3. The normalized spacial score (nSPS) is 41.0. The molecule has 30 heavy (non-hydrogen) atoms. The van der Waals surface area contributed by atoms with Crippen LogP contribution in [0.4, 0.5) is 4.39 Å². The van der Waals surface area contributed by atoms with Gasteiger partial charge in [0.25, 0.3) is 0 Å². The van der Waals surface area contributed by atoms with E-state index in [4.69, 9.17) is 27.9 Å². The number of likely N-dealkylation sites (N-methyl/N-ethyl adjacent to an activating group) is 1. The third kappa shape index (κ3) is 5.57. The number of hydrazine groups is 1. The van der Waals surface area contributed by atoms with Crippen LogP contribution in [0.15, 0.2) is 0 Å². The van der Waals surface area contributed by atoms with Crippen LogP contribution in [0, 0.1) is 11.8 Å². The van der Waals surface area contributed by atoms with Gasteiger partial charge in [-0.05, 0) is 45.1 Å². The first-order chi connectivity index (χ1) is 14.1. The maximum Gasteiger partial charge on any atom is 0.241 e. The van der Waals surface area contributed by atoms with Gasteiger partial charge in [0.1, 0.15) is 11.4 Å². The molecular weight excluding hydrogens is 458 g/mol. The molecule has 0 aromatic heterocycles. The number of methoxy groups -OCH3 is 1. The van der Waals surface area contributed by atoms with Gasteiger partial charge in [-0.2, -0.15) is 0 Å². The van der Waals surface area contributed by atoms with Crippen LogP contribution in [0.5, 0.6) is 0 Å². The summed E-state index contributed by atoms with van der Waals surface area (Å²) in [7, 11) is -0.491. The molecule has 0 aromatic rings. The molecular formula is C18H31Cl2FN4O4S. The highest BCUT2D eigenvalue weighted by Crippen LogP contribution is 2.37. The predicted octanol–water partition coefficient (Wildman–Crippen LogP) is 0.945. The second-order valence-corrected chi connectivity index (χ2v) is 11.7. The molecule has 0 aromatic carbocycles. The van der Waals surface area contributed by atoms with Crippen LogP contribution in [0.3, 0.4) is 0 Å². The lowest BCUT2D eigenvalue weighted by atomic mass is 9.76. The minimum atomic E-state index is -3.91. The van der Waals surface area contributed by atoms with E-state index in [-0.39, 0.29) is 17.3 Å². The van der Waals surface area contributed by atoms with Gasteiger partial charge < -0.3 is 4.74 Å². The molecule has 1 amide bonds. The summed E-state index contributed by atoms with van der Waals surface area (Å²) in [6, 6.07) is 0.129. The molecule has 0 bridgehead atoms. The Morgan fingerprint density at radius 2 is 1.97 bits per heavy atom. The van der Waals surface area contributed by atoms with Crippen molar-refractivity contribution < 1.29 is 22.3 Å². The van der Waals surface area contributed by atoms with Crippen molar-refractivity contribution in [3.05, 3.63) is 0 Å². The maximum absolute atomic E-state index is 14.7. The Labute approximate surface area is 187 Å². The molecule has 2 saturated carbocycles. The lowest BCUT2D eigenvalue weighted by Gasteiger charge is -2.37. The van der Waals surface area contributed by atoms with E-state index in [0.717, 1.165) is 13.2 Å². The number of amides is 1. The summed E-state index contributed by atoms with van der Waals surface area (Å²) in [6.45, 7) is 1.53. The minimum Gasteiger partial charge on any atom is -0.380 e. The van der Waals surface area contributed by atoms with Crippen molar-refractivity contribution in [3.63, 3.8) is 0 Å². The van der Waals surface area contributed by atoms with Crippen molar-refractivity contribution in [1.82, 2.24) is 20.5 Å². The lowest BCUT2D eigenvalue weighted by molar-refractivity contribution is -0.129. The number of sulfonamides is 1. The average molecular weight is 489 g/mol. The smallest absolute Gasteiger partial charge is 0.241 e. The first-order valence-corrected chi connectivity index (χ1v) is 12.7. The lowest BCUT2D eigenvalue weighted by Crippen LogP contribution is -2.55. The third-order valence-corrected chi connectivity index (χ3v) is 9.08. The molecule has 3 aliphatic rings. The molecule has 3 rings (SSSR count). The Morgan fingerprint density at radius 1 is 1.23 bits per heavy atom. The van der Waals surface area contributed by atoms with Crippen LogP contribution in [-0.2, 0) is 19.6 Å². The largest absolute Gasteiger partial charge is 0.380 e. The first-order valence-electron chi connectivity index (χ1n) is 10.3. The Balaban J connectivity index is 1.61. The molecule has 0 spiro atoms. The highest BCUT2D eigenvalue weighted by molar-refractivity contribution is 7.90. The van der Waals surface area contributed by atoms with Crippen molar-refractivity contribution in [3.8, 4) is 0 Å². The molecule has 1 saturated heterocycles. The van der Waals surface area contributed by atoms with Crippen molar-refractivity contribution in [2.45, 2.75) is 66.4 Å². The second-order valence-electron chi connectivity index (χ2n) is 8.67. The van der Waals surface area contributed by atoms with Crippen LogP contribution in [0.1, 0.15) is 32.1 Å². The molecule has 8 atom stereocenters. The van der Waals surface area contributed by atoms with Gasteiger partial charge in [-0.15, -0.1) is 28.0 Å². The van der Waals surface area contributed by atoms with Crippen LogP contribution < -0.4 is 15.6 Å². The molecule has 1 aliphatic heterocycles. The van der Waals surface area contributed by atoms with Crippen molar-refractivity contribution in [1.29, 1.82) is 0 Å². The molecule has 12 heteroatoms. The van der Waals surface area contributed by atoms with Gasteiger partial charge in [-0.1, -0.05) is 0 Å². The number of ether oxygens (including phenoxy) is 1. The van der Waals surface area contributed by atoms with E-state index in [9.17, 15) is 17.6 Å². The van der Waals surface area contributed by atoms with Crippen molar-refractivity contribution >= 4 is 39.1 Å². The highest BCUT2D eigenvalue weighted by Gasteiger charge is 2.45. The van der Waals surface area contributed by atoms with E-state index in [2.05, 4.69) is 20.5 Å². The SMILES string of the molecule is COC1CC(Cl)CCC1S(=O)(=O)NNC(=O)C1CC(C2CN(C)CN2)CC(Cl)C1F. The van der Waals surface area contributed by atoms with E-state index >= 15 is 0 Å². The first kappa shape index (κ1) is 24.4. The van der Waals surface area contributed by atoms with Crippen LogP contribution in [0.2, 0.25) is 0 Å². The summed E-state index contributed by atoms with van der Waals surface area (Å²) in [6.07, 6.45) is -0.0617. The maximum atomic E-state index is 14.7. The zero-order valence-electron chi connectivity index (χ0n) is 17.2. The summed E-state index contributed by atoms with van der Waals surface area (Å²) in [5.74, 6) is -1.68. The Kier molecular flexibility index (Phi) is 8.25. The number of hydrogen-bond donors (Lipinski definition) is 3. The molecule has 8 unspecified atom stereocenters. The average Bonchev–Trinajstić information content (AvgIpc) is 3.14. The van der Waals surface area contributed by atoms with Gasteiger partial charge in [0.2, 0.25) is 15.9 Å². The number of nitrogens with zero attached hydrogens (tertiary/aromatic N) is 1. The molecule has 3 fully saturated rings. The van der Waals surface area contributed by atoms with Crippen molar-refractivity contribution in [2.75, 3.05) is 27.4 Å². The van der Waals surface area contributed by atoms with Crippen LogP contribution in [0.25, 0.3) is 0 Å². The fourth-order valence-corrected chi connectivity index (χ4v) is 6.97. The van der Waals surface area contributed by atoms with E-state index in [1.807, 2.05) is 7.05 Å². The number of halogens is 3. The fraction of sp³-hybridized carbons (Fsp3) is 0.944. The molecule has 0 radical (unpaired) electrons. The van der Waals surface area contributed by atoms with Crippen molar-refractivity contribution in [2.24, 2.45) is 11.8 Å². The molecule has 174 valence electrons. The van der Waals surface area contributed by atoms with Gasteiger partial charge in [-0.25, -0.2) is 12.8 Å². The Morgan fingerprint density at radius 3 is 2.60 bits per heavy atom. The monoisotopic (exact) mass is 488 g/mol. The van der Waals surface area contributed by atoms with Crippen LogP contribution in [-0.4, -0.2) is 80.9 Å². The molecule has 3 N–H and O–H groups in total. The third-order valence-electron chi connectivity index (χ3n) is 6.54. The zero-order valence-corrected chi connectivity index (χ0v) is 19.5. The minimum absolute atomic E-state index is 0.0358. The summed E-state index contributed by atoms with van der Waals surface area (Å²) in [5, 5.41) is 1.59. The van der Waals surface area contributed by atoms with Gasteiger partial charge in [0, 0.05) is 31.7 Å². The highest BCUT2D eigenvalue weighted by atomic mass is 35.5. The number of carbonyl (C=O) groups is 1. The zero-order chi connectivity index (χ0) is 22.1. The van der Waals surface area contributed by atoms with E-state index in [1.165, 1.54) is 7.11 Å².